The normalized spacial score (nSPS) is 15.2. The van der Waals surface area contributed by atoms with Gasteiger partial charge in [0.25, 0.3) is 0 Å². The summed E-state index contributed by atoms with van der Waals surface area (Å²) in [6, 6.07) is 8.41. The van der Waals surface area contributed by atoms with Crippen molar-refractivity contribution in [2.75, 3.05) is 38.3 Å². The third-order valence-corrected chi connectivity index (χ3v) is 3.07. The summed E-state index contributed by atoms with van der Waals surface area (Å²) >= 11 is 0. The van der Waals surface area contributed by atoms with Crippen molar-refractivity contribution in [1.29, 1.82) is 0 Å². The quantitative estimate of drug-likeness (QED) is 0.708. The van der Waals surface area contributed by atoms with Crippen molar-refractivity contribution >= 4 is 5.69 Å². The van der Waals surface area contributed by atoms with Crippen LogP contribution in [0.1, 0.15) is 19.3 Å². The molecule has 1 heterocycles. The minimum Gasteiger partial charge on any atom is -0.494 e. The third-order valence-electron chi connectivity index (χ3n) is 3.07. The summed E-state index contributed by atoms with van der Waals surface area (Å²) in [7, 11) is 1.71. The lowest BCUT2D eigenvalue weighted by Gasteiger charge is -2.17. The Labute approximate surface area is 103 Å². The SMILES string of the molecule is COCCCOc1ccc(N2CCCC2)cc1. The van der Waals surface area contributed by atoms with Gasteiger partial charge in [-0.25, -0.2) is 0 Å². The zero-order chi connectivity index (χ0) is 11.9. The number of hydrogen-bond acceptors (Lipinski definition) is 3. The standard InChI is InChI=1S/C14H21NO2/c1-16-11-4-12-17-14-7-5-13(6-8-14)15-9-2-3-10-15/h5-8H,2-4,9-12H2,1H3. The van der Waals surface area contributed by atoms with Crippen molar-refractivity contribution in [1.82, 2.24) is 0 Å². The molecule has 1 saturated heterocycles. The highest BCUT2D eigenvalue weighted by Crippen LogP contribution is 2.22. The molecule has 0 saturated carbocycles. The molecule has 17 heavy (non-hydrogen) atoms. The average Bonchev–Trinajstić information content (AvgIpc) is 2.89. The van der Waals surface area contributed by atoms with Gasteiger partial charge in [0.15, 0.2) is 0 Å². The maximum absolute atomic E-state index is 5.63. The largest absolute Gasteiger partial charge is 0.494 e. The molecule has 1 aliphatic rings. The van der Waals surface area contributed by atoms with E-state index in [0.29, 0.717) is 0 Å². The highest BCUT2D eigenvalue weighted by molar-refractivity contribution is 5.49. The summed E-state index contributed by atoms with van der Waals surface area (Å²) in [4.78, 5) is 2.43. The lowest BCUT2D eigenvalue weighted by atomic mass is 10.3. The van der Waals surface area contributed by atoms with E-state index in [9.17, 15) is 0 Å². The summed E-state index contributed by atoms with van der Waals surface area (Å²) in [5.74, 6) is 0.948. The van der Waals surface area contributed by atoms with Gasteiger partial charge < -0.3 is 14.4 Å². The van der Waals surface area contributed by atoms with Gasteiger partial charge in [0.1, 0.15) is 5.75 Å². The molecular weight excluding hydrogens is 214 g/mol. The first-order valence-electron chi connectivity index (χ1n) is 6.37. The topological polar surface area (TPSA) is 21.7 Å². The van der Waals surface area contributed by atoms with Crippen molar-refractivity contribution in [3.63, 3.8) is 0 Å². The zero-order valence-electron chi connectivity index (χ0n) is 10.5. The molecule has 2 rings (SSSR count). The van der Waals surface area contributed by atoms with Gasteiger partial charge in [0, 0.05) is 38.9 Å². The van der Waals surface area contributed by atoms with Crippen LogP contribution in [0.25, 0.3) is 0 Å². The Morgan fingerprint density at radius 1 is 1.06 bits per heavy atom. The van der Waals surface area contributed by atoms with E-state index in [2.05, 4.69) is 29.2 Å². The Balaban J connectivity index is 1.80. The monoisotopic (exact) mass is 235 g/mol. The molecule has 0 aromatic heterocycles. The van der Waals surface area contributed by atoms with Gasteiger partial charge in [-0.3, -0.25) is 0 Å². The number of methoxy groups -OCH3 is 1. The molecule has 0 aliphatic carbocycles. The molecule has 3 heteroatoms. The molecule has 0 N–H and O–H groups in total. The molecular formula is C14H21NO2. The Kier molecular flexibility index (Phi) is 4.68. The van der Waals surface area contributed by atoms with E-state index in [1.165, 1.54) is 31.6 Å². The van der Waals surface area contributed by atoms with E-state index in [0.717, 1.165) is 25.4 Å². The smallest absolute Gasteiger partial charge is 0.119 e. The molecule has 3 nitrogen and oxygen atoms in total. The van der Waals surface area contributed by atoms with Gasteiger partial charge in [0.05, 0.1) is 6.61 Å². The van der Waals surface area contributed by atoms with E-state index >= 15 is 0 Å². The van der Waals surface area contributed by atoms with Crippen molar-refractivity contribution < 1.29 is 9.47 Å². The van der Waals surface area contributed by atoms with Crippen LogP contribution in [0.4, 0.5) is 5.69 Å². The Bertz CT molecular complexity index is 317. The molecule has 0 radical (unpaired) electrons. The van der Waals surface area contributed by atoms with Gasteiger partial charge in [-0.05, 0) is 37.1 Å². The van der Waals surface area contributed by atoms with Crippen LogP contribution in [0.2, 0.25) is 0 Å². The summed E-state index contributed by atoms with van der Waals surface area (Å²) < 4.78 is 10.6. The maximum Gasteiger partial charge on any atom is 0.119 e. The number of ether oxygens (including phenoxy) is 2. The summed E-state index contributed by atoms with van der Waals surface area (Å²) in [5, 5.41) is 0. The second-order valence-electron chi connectivity index (χ2n) is 4.38. The van der Waals surface area contributed by atoms with Crippen molar-refractivity contribution in [3.05, 3.63) is 24.3 Å². The molecule has 0 spiro atoms. The van der Waals surface area contributed by atoms with Gasteiger partial charge in [-0.15, -0.1) is 0 Å². The average molecular weight is 235 g/mol. The van der Waals surface area contributed by atoms with Crippen LogP contribution in [0.15, 0.2) is 24.3 Å². The fourth-order valence-electron chi connectivity index (χ4n) is 2.12. The molecule has 0 atom stereocenters. The first kappa shape index (κ1) is 12.2. The van der Waals surface area contributed by atoms with Crippen LogP contribution in [-0.4, -0.2) is 33.4 Å². The number of hydrogen-bond donors (Lipinski definition) is 0. The van der Waals surface area contributed by atoms with Crippen LogP contribution >= 0.6 is 0 Å². The number of nitrogens with zero attached hydrogens (tertiary/aromatic N) is 1. The predicted molar refractivity (Wildman–Crippen MR) is 69.9 cm³/mol. The van der Waals surface area contributed by atoms with Gasteiger partial charge in [-0.2, -0.15) is 0 Å². The minimum atomic E-state index is 0.719. The molecule has 0 bridgehead atoms. The molecule has 1 aliphatic heterocycles. The van der Waals surface area contributed by atoms with Gasteiger partial charge in [0.2, 0.25) is 0 Å². The number of rotatable bonds is 6. The first-order valence-corrected chi connectivity index (χ1v) is 6.37. The fourth-order valence-corrected chi connectivity index (χ4v) is 2.12. The summed E-state index contributed by atoms with van der Waals surface area (Å²) in [5.41, 5.74) is 1.31. The highest BCUT2D eigenvalue weighted by Gasteiger charge is 2.11. The van der Waals surface area contributed by atoms with E-state index in [-0.39, 0.29) is 0 Å². The number of anilines is 1. The first-order chi connectivity index (χ1) is 8.40. The van der Waals surface area contributed by atoms with Crippen LogP contribution in [0, 0.1) is 0 Å². The molecule has 1 aromatic carbocycles. The second kappa shape index (κ2) is 6.50. The highest BCUT2D eigenvalue weighted by atomic mass is 16.5. The van der Waals surface area contributed by atoms with Crippen LogP contribution in [0.3, 0.4) is 0 Å². The van der Waals surface area contributed by atoms with Crippen LogP contribution < -0.4 is 9.64 Å². The van der Waals surface area contributed by atoms with Gasteiger partial charge in [-0.1, -0.05) is 0 Å². The van der Waals surface area contributed by atoms with Gasteiger partial charge >= 0.3 is 0 Å². The molecule has 94 valence electrons. The second-order valence-corrected chi connectivity index (χ2v) is 4.38. The number of benzene rings is 1. The summed E-state index contributed by atoms with van der Waals surface area (Å²) in [6.45, 7) is 3.85. The van der Waals surface area contributed by atoms with E-state index in [1.54, 1.807) is 7.11 Å². The Morgan fingerprint density at radius 2 is 1.76 bits per heavy atom. The third kappa shape index (κ3) is 3.63. The van der Waals surface area contributed by atoms with E-state index < -0.39 is 0 Å². The van der Waals surface area contributed by atoms with E-state index in [1.807, 2.05) is 0 Å². The van der Waals surface area contributed by atoms with E-state index in [4.69, 9.17) is 9.47 Å². The zero-order valence-corrected chi connectivity index (χ0v) is 10.5. The Morgan fingerprint density at radius 3 is 2.41 bits per heavy atom. The minimum absolute atomic E-state index is 0.719. The molecule has 1 aromatic rings. The molecule has 1 fully saturated rings. The van der Waals surface area contributed by atoms with Crippen molar-refractivity contribution in [2.45, 2.75) is 19.3 Å². The van der Waals surface area contributed by atoms with Crippen LogP contribution in [0.5, 0.6) is 5.75 Å². The lowest BCUT2D eigenvalue weighted by molar-refractivity contribution is 0.172. The Hall–Kier alpha value is -1.22. The fraction of sp³-hybridized carbons (Fsp3) is 0.571. The van der Waals surface area contributed by atoms with Crippen molar-refractivity contribution in [2.24, 2.45) is 0 Å². The lowest BCUT2D eigenvalue weighted by Crippen LogP contribution is -2.17. The van der Waals surface area contributed by atoms with Crippen molar-refractivity contribution in [3.8, 4) is 5.75 Å². The summed E-state index contributed by atoms with van der Waals surface area (Å²) in [6.07, 6.45) is 3.56. The molecule has 0 amide bonds. The maximum atomic E-state index is 5.63. The predicted octanol–water partition coefficient (Wildman–Crippen LogP) is 2.70. The van der Waals surface area contributed by atoms with Crippen LogP contribution in [-0.2, 0) is 4.74 Å². The molecule has 0 unspecified atom stereocenters.